The second-order valence-electron chi connectivity index (χ2n) is 3.10. The van der Waals surface area contributed by atoms with E-state index in [0.29, 0.717) is 6.20 Å². The van der Waals surface area contributed by atoms with E-state index in [2.05, 4.69) is 9.72 Å². The summed E-state index contributed by atoms with van der Waals surface area (Å²) in [5.74, 6) is -3.23. The fourth-order valence-corrected chi connectivity index (χ4v) is 1.24. The first kappa shape index (κ1) is 13.3. The molecule has 1 rings (SSSR count). The number of ether oxygens (including phenoxy) is 1. The highest BCUT2D eigenvalue weighted by molar-refractivity contribution is 5.72. The van der Waals surface area contributed by atoms with Crippen molar-refractivity contribution in [1.29, 1.82) is 0 Å². The molecule has 0 aliphatic rings. The molecule has 0 radical (unpaired) electrons. The molecule has 0 spiro atoms. The SMILES string of the molecule is CCOC(=O)Cc1ncc(O)c(F)c1C(F)F. The van der Waals surface area contributed by atoms with Gasteiger partial charge in [0.05, 0.1) is 30.5 Å². The number of carbonyl (C=O) groups excluding carboxylic acids is 1. The van der Waals surface area contributed by atoms with Crippen molar-refractivity contribution in [3.63, 3.8) is 0 Å². The van der Waals surface area contributed by atoms with Gasteiger partial charge >= 0.3 is 5.97 Å². The summed E-state index contributed by atoms with van der Waals surface area (Å²) in [5.41, 5.74) is -1.51. The van der Waals surface area contributed by atoms with Gasteiger partial charge in [-0.3, -0.25) is 9.78 Å². The van der Waals surface area contributed by atoms with E-state index in [0.717, 1.165) is 0 Å². The number of carbonyl (C=O) groups is 1. The number of nitrogens with zero attached hydrogens (tertiary/aromatic N) is 1. The molecule has 94 valence electrons. The van der Waals surface area contributed by atoms with E-state index in [4.69, 9.17) is 5.11 Å². The van der Waals surface area contributed by atoms with Gasteiger partial charge in [0.2, 0.25) is 0 Å². The second-order valence-corrected chi connectivity index (χ2v) is 3.10. The molecule has 0 atom stereocenters. The Labute approximate surface area is 95.0 Å². The van der Waals surface area contributed by atoms with Gasteiger partial charge in [-0.1, -0.05) is 0 Å². The van der Waals surface area contributed by atoms with Crippen LogP contribution >= 0.6 is 0 Å². The maximum atomic E-state index is 13.2. The van der Waals surface area contributed by atoms with Crippen molar-refractivity contribution >= 4 is 5.97 Å². The zero-order chi connectivity index (χ0) is 13.0. The van der Waals surface area contributed by atoms with Gasteiger partial charge in [0.25, 0.3) is 6.43 Å². The van der Waals surface area contributed by atoms with Crippen molar-refractivity contribution < 1.29 is 27.8 Å². The van der Waals surface area contributed by atoms with E-state index in [9.17, 15) is 18.0 Å². The van der Waals surface area contributed by atoms with E-state index in [1.54, 1.807) is 6.92 Å². The third kappa shape index (κ3) is 3.08. The van der Waals surface area contributed by atoms with E-state index < -0.39 is 41.6 Å². The van der Waals surface area contributed by atoms with Crippen LogP contribution in [0, 0.1) is 5.82 Å². The average Bonchev–Trinajstić information content (AvgIpc) is 2.23. The van der Waals surface area contributed by atoms with Crippen molar-refractivity contribution in [3.05, 3.63) is 23.3 Å². The largest absolute Gasteiger partial charge is 0.504 e. The zero-order valence-electron chi connectivity index (χ0n) is 8.91. The van der Waals surface area contributed by atoms with E-state index in [-0.39, 0.29) is 6.61 Å². The lowest BCUT2D eigenvalue weighted by atomic mass is 10.1. The number of alkyl halides is 2. The summed E-state index contributed by atoms with van der Waals surface area (Å²) in [6.07, 6.45) is -3.06. The first-order valence-corrected chi connectivity index (χ1v) is 4.77. The van der Waals surface area contributed by atoms with Crippen molar-refractivity contribution in [1.82, 2.24) is 4.98 Å². The number of hydrogen-bond donors (Lipinski definition) is 1. The Balaban J connectivity index is 3.07. The monoisotopic (exact) mass is 249 g/mol. The Bertz CT molecular complexity index is 424. The predicted molar refractivity (Wildman–Crippen MR) is 51.2 cm³/mol. The molecule has 0 saturated heterocycles. The fraction of sp³-hybridized carbons (Fsp3) is 0.400. The van der Waals surface area contributed by atoms with Crippen LogP contribution in [-0.4, -0.2) is 22.7 Å². The minimum Gasteiger partial charge on any atom is -0.504 e. The lowest BCUT2D eigenvalue weighted by Crippen LogP contribution is -2.12. The van der Waals surface area contributed by atoms with E-state index >= 15 is 0 Å². The molecule has 17 heavy (non-hydrogen) atoms. The number of esters is 1. The van der Waals surface area contributed by atoms with Crippen LogP contribution in [0.5, 0.6) is 5.75 Å². The van der Waals surface area contributed by atoms with Crippen LogP contribution in [-0.2, 0) is 16.0 Å². The summed E-state index contributed by atoms with van der Waals surface area (Å²) in [5, 5.41) is 8.92. The molecule has 0 aromatic carbocycles. The number of hydrogen-bond acceptors (Lipinski definition) is 4. The lowest BCUT2D eigenvalue weighted by molar-refractivity contribution is -0.142. The van der Waals surface area contributed by atoms with E-state index in [1.807, 2.05) is 0 Å². The summed E-state index contributed by atoms with van der Waals surface area (Å²) in [6, 6.07) is 0. The minimum absolute atomic E-state index is 0.0867. The molecule has 0 unspecified atom stereocenters. The molecule has 0 bridgehead atoms. The fourth-order valence-electron chi connectivity index (χ4n) is 1.24. The highest BCUT2D eigenvalue weighted by Crippen LogP contribution is 2.29. The van der Waals surface area contributed by atoms with Crippen LogP contribution in [0.2, 0.25) is 0 Å². The quantitative estimate of drug-likeness (QED) is 0.829. The van der Waals surface area contributed by atoms with Gasteiger partial charge in [-0.25, -0.2) is 13.2 Å². The van der Waals surface area contributed by atoms with Crippen molar-refractivity contribution in [2.75, 3.05) is 6.61 Å². The normalized spacial score (nSPS) is 10.6. The van der Waals surface area contributed by atoms with E-state index in [1.165, 1.54) is 0 Å². The van der Waals surface area contributed by atoms with Crippen molar-refractivity contribution in [2.24, 2.45) is 0 Å². The van der Waals surface area contributed by atoms with Crippen LogP contribution in [0.25, 0.3) is 0 Å². The summed E-state index contributed by atoms with van der Waals surface area (Å²) in [4.78, 5) is 14.5. The Morgan fingerprint density at radius 3 is 2.76 bits per heavy atom. The summed E-state index contributed by atoms with van der Waals surface area (Å²) in [6.45, 7) is 1.64. The van der Waals surface area contributed by atoms with Crippen LogP contribution in [0.4, 0.5) is 13.2 Å². The van der Waals surface area contributed by atoms with Gasteiger partial charge in [0.15, 0.2) is 11.6 Å². The molecule has 1 heterocycles. The summed E-state index contributed by atoms with van der Waals surface area (Å²) < 4.78 is 42.9. The number of aromatic hydroxyl groups is 1. The summed E-state index contributed by atoms with van der Waals surface area (Å²) >= 11 is 0. The van der Waals surface area contributed by atoms with Crippen LogP contribution < -0.4 is 0 Å². The highest BCUT2D eigenvalue weighted by Gasteiger charge is 2.24. The lowest BCUT2D eigenvalue weighted by Gasteiger charge is -2.09. The maximum Gasteiger partial charge on any atom is 0.311 e. The first-order chi connectivity index (χ1) is 7.97. The van der Waals surface area contributed by atoms with Crippen molar-refractivity contribution in [3.8, 4) is 5.75 Å². The van der Waals surface area contributed by atoms with Gasteiger partial charge in [-0.05, 0) is 6.92 Å². The Morgan fingerprint density at radius 2 is 2.24 bits per heavy atom. The zero-order valence-corrected chi connectivity index (χ0v) is 8.91. The predicted octanol–water partition coefficient (Wildman–Crippen LogP) is 1.97. The topological polar surface area (TPSA) is 59.4 Å². The molecule has 0 amide bonds. The average molecular weight is 249 g/mol. The van der Waals surface area contributed by atoms with Gasteiger partial charge in [0, 0.05) is 0 Å². The summed E-state index contributed by atoms with van der Waals surface area (Å²) in [7, 11) is 0. The third-order valence-corrected chi connectivity index (χ3v) is 1.95. The molecule has 1 aromatic heterocycles. The molecule has 0 fully saturated rings. The van der Waals surface area contributed by atoms with Gasteiger partial charge in [0.1, 0.15) is 0 Å². The third-order valence-electron chi connectivity index (χ3n) is 1.95. The molecule has 4 nitrogen and oxygen atoms in total. The van der Waals surface area contributed by atoms with Gasteiger partial charge in [-0.2, -0.15) is 0 Å². The Kier molecular flexibility index (Phi) is 4.30. The molecule has 0 saturated carbocycles. The molecule has 0 aliphatic carbocycles. The number of aromatic nitrogens is 1. The highest BCUT2D eigenvalue weighted by atomic mass is 19.3. The minimum atomic E-state index is -3.17. The van der Waals surface area contributed by atoms with Crippen LogP contribution in [0.1, 0.15) is 24.6 Å². The molecular formula is C10H10F3NO3. The standard InChI is InChI=1S/C10H10F3NO3/c1-2-17-7(16)3-5-8(10(12)13)9(11)6(15)4-14-5/h4,10,15H,2-3H2,1H3. The van der Waals surface area contributed by atoms with Crippen molar-refractivity contribution in [2.45, 2.75) is 19.8 Å². The van der Waals surface area contributed by atoms with Crippen LogP contribution in [0.3, 0.4) is 0 Å². The van der Waals surface area contributed by atoms with Gasteiger partial charge < -0.3 is 9.84 Å². The molecule has 7 heteroatoms. The van der Waals surface area contributed by atoms with Gasteiger partial charge in [-0.15, -0.1) is 0 Å². The second kappa shape index (κ2) is 5.51. The Morgan fingerprint density at radius 1 is 1.59 bits per heavy atom. The first-order valence-electron chi connectivity index (χ1n) is 4.77. The van der Waals surface area contributed by atoms with Crippen LogP contribution in [0.15, 0.2) is 6.20 Å². The molecular weight excluding hydrogens is 239 g/mol. The number of rotatable bonds is 4. The molecule has 0 aliphatic heterocycles. The smallest absolute Gasteiger partial charge is 0.311 e. The number of pyridine rings is 1. The molecule has 1 aromatic rings. The maximum absolute atomic E-state index is 13.2. The number of halogens is 3. The molecule has 1 N–H and O–H groups in total. The Hall–Kier alpha value is -1.79.